The summed E-state index contributed by atoms with van der Waals surface area (Å²) in [6, 6.07) is 14.2. The number of aromatic nitrogens is 2. The van der Waals surface area contributed by atoms with Crippen LogP contribution in [0.25, 0.3) is 10.9 Å². The van der Waals surface area contributed by atoms with Gasteiger partial charge in [0.25, 0.3) is 0 Å². The summed E-state index contributed by atoms with van der Waals surface area (Å²) in [5.41, 5.74) is 5.24. The molecule has 4 rings (SSSR count). The lowest BCUT2D eigenvalue weighted by atomic mass is 9.97. The normalized spacial score (nSPS) is 19.7. The van der Waals surface area contributed by atoms with Gasteiger partial charge in [0.05, 0.1) is 11.2 Å². The van der Waals surface area contributed by atoms with Crippen LogP contribution >= 0.6 is 0 Å². The number of nitrogens with zero attached hydrogens (tertiary/aromatic N) is 2. The van der Waals surface area contributed by atoms with Crippen molar-refractivity contribution in [2.45, 2.75) is 39.5 Å². The number of anilines is 1. The minimum Gasteiger partial charge on any atom is -0.323 e. The summed E-state index contributed by atoms with van der Waals surface area (Å²) in [6.07, 6.45) is -0.0302. The first-order valence-electron chi connectivity index (χ1n) is 9.12. The molecule has 2 unspecified atom stereocenters. The summed E-state index contributed by atoms with van der Waals surface area (Å²) in [4.78, 5) is 21.4. The van der Waals surface area contributed by atoms with Gasteiger partial charge < -0.3 is 10.6 Å². The lowest BCUT2D eigenvalue weighted by Gasteiger charge is -2.33. The quantitative estimate of drug-likeness (QED) is 0.668. The molecule has 138 valence electrons. The molecular formula is C21H23N5O. The van der Waals surface area contributed by atoms with Gasteiger partial charge in [-0.1, -0.05) is 36.4 Å². The topological polar surface area (TPSA) is 78.9 Å². The number of carbonyl (C=O) groups excluding carboxylic acids is 1. The summed E-state index contributed by atoms with van der Waals surface area (Å²) in [5.74, 6) is 0.488. The van der Waals surface area contributed by atoms with Crippen LogP contribution < -0.4 is 16.0 Å². The van der Waals surface area contributed by atoms with Crippen LogP contribution in [0.2, 0.25) is 0 Å². The highest BCUT2D eigenvalue weighted by Crippen LogP contribution is 2.24. The molecule has 1 aliphatic rings. The zero-order valence-electron chi connectivity index (χ0n) is 15.7. The number of amides is 1. The first-order valence-corrected chi connectivity index (χ1v) is 9.12. The van der Waals surface area contributed by atoms with Crippen LogP contribution in [0.4, 0.5) is 5.95 Å². The second-order valence-corrected chi connectivity index (χ2v) is 7.08. The Balaban J connectivity index is 1.59. The van der Waals surface area contributed by atoms with Crippen molar-refractivity contribution in [1.82, 2.24) is 20.6 Å². The fraction of sp³-hybridized carbons (Fsp3) is 0.286. The molecule has 1 saturated heterocycles. The van der Waals surface area contributed by atoms with E-state index in [2.05, 4.69) is 51.0 Å². The van der Waals surface area contributed by atoms with Crippen molar-refractivity contribution < 1.29 is 4.79 Å². The van der Waals surface area contributed by atoms with Gasteiger partial charge in [-0.2, -0.15) is 0 Å². The van der Waals surface area contributed by atoms with Gasteiger partial charge in [0.15, 0.2) is 6.29 Å². The van der Waals surface area contributed by atoms with Crippen LogP contribution in [0.15, 0.2) is 42.5 Å². The van der Waals surface area contributed by atoms with Crippen LogP contribution in [0, 0.1) is 20.8 Å². The van der Waals surface area contributed by atoms with Gasteiger partial charge in [-0.25, -0.2) is 9.97 Å². The number of rotatable bonds is 3. The molecule has 1 fully saturated rings. The molecule has 1 amide bonds. The van der Waals surface area contributed by atoms with Crippen molar-refractivity contribution in [2.75, 3.05) is 5.32 Å². The lowest BCUT2D eigenvalue weighted by molar-refractivity contribution is -0.124. The number of carbonyl (C=O) groups is 1. The Morgan fingerprint density at radius 2 is 1.89 bits per heavy atom. The van der Waals surface area contributed by atoms with E-state index in [0.717, 1.165) is 33.3 Å². The molecule has 27 heavy (non-hydrogen) atoms. The Bertz CT molecular complexity index is 1020. The van der Waals surface area contributed by atoms with Gasteiger partial charge in [0, 0.05) is 17.8 Å². The Labute approximate surface area is 158 Å². The minimum absolute atomic E-state index is 0.00661. The van der Waals surface area contributed by atoms with E-state index in [9.17, 15) is 4.79 Å². The third kappa shape index (κ3) is 3.61. The van der Waals surface area contributed by atoms with Crippen molar-refractivity contribution in [2.24, 2.45) is 0 Å². The molecule has 6 nitrogen and oxygen atoms in total. The van der Waals surface area contributed by atoms with Crippen molar-refractivity contribution in [1.29, 1.82) is 0 Å². The van der Waals surface area contributed by atoms with E-state index in [1.165, 1.54) is 0 Å². The maximum atomic E-state index is 12.3. The fourth-order valence-corrected chi connectivity index (χ4v) is 3.55. The highest BCUT2D eigenvalue weighted by molar-refractivity contribution is 5.82. The lowest BCUT2D eigenvalue weighted by Crippen LogP contribution is -2.57. The molecule has 2 aromatic carbocycles. The molecule has 0 saturated carbocycles. The zero-order valence-corrected chi connectivity index (χ0v) is 15.7. The molecule has 0 aliphatic carbocycles. The SMILES string of the molecule is Cc1ccc2c(C)nc(NC3NC(=O)CC(c4ccccc4C)N3)nc2c1. The van der Waals surface area contributed by atoms with Gasteiger partial charge in [-0.05, 0) is 43.5 Å². The monoisotopic (exact) mass is 361 g/mol. The second kappa shape index (κ2) is 6.96. The number of hydrogen-bond donors (Lipinski definition) is 3. The van der Waals surface area contributed by atoms with Gasteiger partial charge in [0.1, 0.15) is 0 Å². The number of nitrogens with one attached hydrogen (secondary N) is 3. The Kier molecular flexibility index (Phi) is 4.49. The van der Waals surface area contributed by atoms with E-state index < -0.39 is 6.29 Å². The summed E-state index contributed by atoms with van der Waals surface area (Å²) >= 11 is 0. The third-order valence-corrected chi connectivity index (χ3v) is 4.94. The van der Waals surface area contributed by atoms with Crippen LogP contribution in [-0.4, -0.2) is 22.2 Å². The zero-order chi connectivity index (χ0) is 19.0. The third-order valence-electron chi connectivity index (χ3n) is 4.94. The summed E-state index contributed by atoms with van der Waals surface area (Å²) in [6.45, 7) is 6.07. The number of hydrogen-bond acceptors (Lipinski definition) is 5. The standard InChI is InChI=1S/C21H23N5O/c1-12-8-9-16-14(3)22-20(23-17(16)10-12)26-21-24-18(11-19(27)25-21)15-7-5-4-6-13(15)2/h4-10,18,21,24H,11H2,1-3H3,(H,25,27)(H,22,23,26). The van der Waals surface area contributed by atoms with Crippen molar-refractivity contribution in [3.63, 3.8) is 0 Å². The number of aryl methyl sites for hydroxylation is 3. The van der Waals surface area contributed by atoms with E-state index in [4.69, 9.17) is 0 Å². The molecule has 6 heteroatoms. The molecule has 2 atom stereocenters. The van der Waals surface area contributed by atoms with E-state index in [1.54, 1.807) is 0 Å². The molecule has 2 heterocycles. The molecule has 1 aromatic heterocycles. The van der Waals surface area contributed by atoms with Crippen LogP contribution in [-0.2, 0) is 4.79 Å². The molecule has 0 bridgehead atoms. The molecule has 1 aliphatic heterocycles. The van der Waals surface area contributed by atoms with Crippen molar-refractivity contribution in [3.05, 3.63) is 64.8 Å². The van der Waals surface area contributed by atoms with Gasteiger partial charge >= 0.3 is 0 Å². The average molecular weight is 361 g/mol. The van der Waals surface area contributed by atoms with Crippen LogP contribution in [0.1, 0.15) is 34.8 Å². The van der Waals surface area contributed by atoms with E-state index in [0.29, 0.717) is 12.4 Å². The predicted molar refractivity (Wildman–Crippen MR) is 106 cm³/mol. The van der Waals surface area contributed by atoms with Crippen molar-refractivity contribution >= 4 is 22.8 Å². The van der Waals surface area contributed by atoms with Crippen LogP contribution in [0.3, 0.4) is 0 Å². The molecule has 3 aromatic rings. The predicted octanol–water partition coefficient (Wildman–Crippen LogP) is 3.10. The number of benzene rings is 2. The Hall–Kier alpha value is -2.99. The number of fused-ring (bicyclic) bond motifs is 1. The van der Waals surface area contributed by atoms with E-state index in [1.807, 2.05) is 38.1 Å². The highest BCUT2D eigenvalue weighted by atomic mass is 16.2. The second-order valence-electron chi connectivity index (χ2n) is 7.08. The van der Waals surface area contributed by atoms with E-state index in [-0.39, 0.29) is 11.9 Å². The maximum absolute atomic E-state index is 12.3. The smallest absolute Gasteiger partial charge is 0.226 e. The van der Waals surface area contributed by atoms with Gasteiger partial charge in [-0.15, -0.1) is 0 Å². The Morgan fingerprint density at radius 3 is 2.70 bits per heavy atom. The highest BCUT2D eigenvalue weighted by Gasteiger charge is 2.28. The van der Waals surface area contributed by atoms with Gasteiger partial charge in [0.2, 0.25) is 11.9 Å². The fourth-order valence-electron chi connectivity index (χ4n) is 3.55. The summed E-state index contributed by atoms with van der Waals surface area (Å²) in [7, 11) is 0. The van der Waals surface area contributed by atoms with Gasteiger partial charge in [-0.3, -0.25) is 10.1 Å². The summed E-state index contributed by atoms with van der Waals surface area (Å²) < 4.78 is 0. The Morgan fingerprint density at radius 1 is 1.07 bits per heavy atom. The maximum Gasteiger partial charge on any atom is 0.226 e. The molecule has 0 radical (unpaired) electrons. The molecular weight excluding hydrogens is 338 g/mol. The largest absolute Gasteiger partial charge is 0.323 e. The van der Waals surface area contributed by atoms with Crippen molar-refractivity contribution in [3.8, 4) is 0 Å². The van der Waals surface area contributed by atoms with Crippen LogP contribution in [0.5, 0.6) is 0 Å². The molecule has 0 spiro atoms. The minimum atomic E-state index is -0.433. The first-order chi connectivity index (χ1) is 13.0. The molecule has 3 N–H and O–H groups in total. The van der Waals surface area contributed by atoms with E-state index >= 15 is 0 Å². The average Bonchev–Trinajstić information content (AvgIpc) is 2.61. The first kappa shape index (κ1) is 17.4. The summed E-state index contributed by atoms with van der Waals surface area (Å²) in [5, 5.41) is 10.6.